The van der Waals surface area contributed by atoms with Gasteiger partial charge in [0.2, 0.25) is 0 Å². The van der Waals surface area contributed by atoms with Crippen molar-refractivity contribution in [3.8, 4) is 11.8 Å². The highest BCUT2D eigenvalue weighted by atomic mass is 19.3. The van der Waals surface area contributed by atoms with E-state index < -0.39 is 24.6 Å². The van der Waals surface area contributed by atoms with Crippen LogP contribution in [0.3, 0.4) is 0 Å². The summed E-state index contributed by atoms with van der Waals surface area (Å²) in [6.45, 7) is 2.94. The number of hydrogen-bond donors (Lipinski definition) is 0. The van der Waals surface area contributed by atoms with E-state index in [1.807, 2.05) is 6.92 Å². The van der Waals surface area contributed by atoms with Gasteiger partial charge in [-0.1, -0.05) is 11.8 Å². The molecule has 1 aliphatic carbocycles. The lowest BCUT2D eigenvalue weighted by Crippen LogP contribution is -2.25. The molecule has 2 heterocycles. The predicted molar refractivity (Wildman–Crippen MR) is 117 cm³/mol. The van der Waals surface area contributed by atoms with E-state index in [1.54, 1.807) is 11.3 Å². The van der Waals surface area contributed by atoms with Gasteiger partial charge < -0.3 is 4.90 Å². The third-order valence-electron chi connectivity index (χ3n) is 5.73. The molecule has 4 aromatic rings. The standard InChI is InChI=1S/C24H19F4N5/c1-14-30-31-23-29-22(19-12-16(25)3-4-20(19)33(14)23)32(13-21(27)28)18-10-15(9-17(26)11-18)5-6-24(2)7-8-24/h3-4,9-12,21H,7-8,13H2,1-2H3. The molecule has 9 heteroatoms. The van der Waals surface area contributed by atoms with E-state index in [0.717, 1.165) is 18.9 Å². The van der Waals surface area contributed by atoms with Crippen LogP contribution in [-0.2, 0) is 0 Å². The molecule has 0 saturated heterocycles. The molecule has 2 aromatic carbocycles. The van der Waals surface area contributed by atoms with Crippen molar-refractivity contribution in [3.05, 3.63) is 59.4 Å². The Hall–Kier alpha value is -3.67. The van der Waals surface area contributed by atoms with Gasteiger partial charge in [0.1, 0.15) is 23.3 Å². The fourth-order valence-corrected chi connectivity index (χ4v) is 3.74. The Kier molecular flexibility index (Phi) is 4.96. The molecular formula is C24H19F4N5. The van der Waals surface area contributed by atoms with Crippen molar-refractivity contribution in [2.24, 2.45) is 5.41 Å². The predicted octanol–water partition coefficient (Wildman–Crippen LogP) is 5.42. The van der Waals surface area contributed by atoms with E-state index >= 15 is 0 Å². The highest BCUT2D eigenvalue weighted by molar-refractivity contribution is 5.93. The molecule has 0 amide bonds. The normalized spacial score (nSPS) is 14.5. The Balaban J connectivity index is 1.73. The summed E-state index contributed by atoms with van der Waals surface area (Å²) >= 11 is 0. The molecule has 0 bridgehead atoms. The molecule has 0 radical (unpaired) electrons. The van der Waals surface area contributed by atoms with Crippen molar-refractivity contribution >= 4 is 28.2 Å². The molecule has 5 rings (SSSR count). The summed E-state index contributed by atoms with van der Waals surface area (Å²) in [5.74, 6) is 5.60. The second-order valence-electron chi connectivity index (χ2n) is 8.49. The number of halogens is 4. The lowest BCUT2D eigenvalue weighted by molar-refractivity contribution is 0.158. The van der Waals surface area contributed by atoms with Gasteiger partial charge in [0.05, 0.1) is 12.1 Å². The summed E-state index contributed by atoms with van der Waals surface area (Å²) in [6.07, 6.45) is -0.827. The lowest BCUT2D eigenvalue weighted by Gasteiger charge is -2.25. The fourth-order valence-electron chi connectivity index (χ4n) is 3.74. The molecule has 1 aliphatic rings. The van der Waals surface area contributed by atoms with Gasteiger partial charge in [-0.15, -0.1) is 10.2 Å². The van der Waals surface area contributed by atoms with Gasteiger partial charge in [-0.05, 0) is 63.1 Å². The summed E-state index contributed by atoms with van der Waals surface area (Å²) in [5, 5.41) is 8.27. The molecule has 2 aromatic heterocycles. The SMILES string of the molecule is Cc1nnc2nc(N(CC(F)F)c3cc(F)cc(C#CC4(C)CC4)c3)c3cc(F)ccc3n12. The Bertz CT molecular complexity index is 1450. The first-order chi connectivity index (χ1) is 15.7. The van der Waals surface area contributed by atoms with Crippen LogP contribution in [0.25, 0.3) is 16.7 Å². The maximum atomic E-state index is 14.5. The first-order valence-electron chi connectivity index (χ1n) is 10.4. The molecule has 0 N–H and O–H groups in total. The van der Waals surface area contributed by atoms with Gasteiger partial charge in [-0.3, -0.25) is 4.40 Å². The van der Waals surface area contributed by atoms with E-state index in [1.165, 1.54) is 35.2 Å². The smallest absolute Gasteiger partial charge is 0.257 e. The monoisotopic (exact) mass is 453 g/mol. The molecule has 0 atom stereocenters. The average molecular weight is 453 g/mol. The van der Waals surface area contributed by atoms with E-state index in [-0.39, 0.29) is 28.1 Å². The summed E-state index contributed by atoms with van der Waals surface area (Å²) in [6, 6.07) is 7.92. The third kappa shape index (κ3) is 4.09. The largest absolute Gasteiger partial charge is 0.320 e. The van der Waals surface area contributed by atoms with Crippen molar-refractivity contribution in [2.45, 2.75) is 33.1 Å². The number of aromatic nitrogens is 4. The third-order valence-corrected chi connectivity index (χ3v) is 5.73. The van der Waals surface area contributed by atoms with Crippen molar-refractivity contribution in [1.29, 1.82) is 0 Å². The minimum atomic E-state index is -2.77. The average Bonchev–Trinajstić information content (AvgIpc) is 3.39. The van der Waals surface area contributed by atoms with Gasteiger partial charge in [0.15, 0.2) is 0 Å². The molecule has 1 saturated carbocycles. The van der Waals surface area contributed by atoms with Crippen LogP contribution in [0.2, 0.25) is 0 Å². The minimum absolute atomic E-state index is 0.0309. The summed E-state index contributed by atoms with van der Waals surface area (Å²) in [4.78, 5) is 5.58. The molecular weight excluding hydrogens is 434 g/mol. The van der Waals surface area contributed by atoms with Gasteiger partial charge in [0.25, 0.3) is 12.2 Å². The number of hydrogen-bond acceptors (Lipinski definition) is 4. The van der Waals surface area contributed by atoms with E-state index in [4.69, 9.17) is 0 Å². The number of nitrogens with zero attached hydrogens (tertiary/aromatic N) is 5. The van der Waals surface area contributed by atoms with Gasteiger partial charge in [-0.2, -0.15) is 4.98 Å². The zero-order chi connectivity index (χ0) is 23.3. The second kappa shape index (κ2) is 7.73. The van der Waals surface area contributed by atoms with Gasteiger partial charge in [-0.25, -0.2) is 17.6 Å². The first-order valence-corrected chi connectivity index (χ1v) is 10.4. The molecule has 168 valence electrons. The fraction of sp³-hybridized carbons (Fsp3) is 0.292. The molecule has 33 heavy (non-hydrogen) atoms. The number of rotatable bonds is 4. The van der Waals surface area contributed by atoms with Crippen LogP contribution in [0.4, 0.5) is 29.1 Å². The Morgan fingerprint density at radius 3 is 2.61 bits per heavy atom. The number of benzene rings is 2. The van der Waals surface area contributed by atoms with Crippen molar-refractivity contribution < 1.29 is 17.6 Å². The van der Waals surface area contributed by atoms with E-state index in [9.17, 15) is 17.6 Å². The topological polar surface area (TPSA) is 46.3 Å². The number of aryl methyl sites for hydroxylation is 1. The van der Waals surface area contributed by atoms with Crippen molar-refractivity contribution in [3.63, 3.8) is 0 Å². The van der Waals surface area contributed by atoms with Crippen LogP contribution in [0, 0.1) is 35.8 Å². The van der Waals surface area contributed by atoms with Crippen molar-refractivity contribution in [1.82, 2.24) is 19.6 Å². The Labute approximate surface area is 187 Å². The highest BCUT2D eigenvalue weighted by Crippen LogP contribution is 2.44. The molecule has 1 fully saturated rings. The van der Waals surface area contributed by atoms with Crippen LogP contribution < -0.4 is 4.90 Å². The molecule has 0 aliphatic heterocycles. The van der Waals surface area contributed by atoms with E-state index in [0.29, 0.717) is 16.9 Å². The lowest BCUT2D eigenvalue weighted by atomic mass is 10.1. The van der Waals surface area contributed by atoms with Crippen LogP contribution in [0.5, 0.6) is 0 Å². The first kappa shape index (κ1) is 21.2. The Morgan fingerprint density at radius 2 is 1.88 bits per heavy atom. The summed E-state index contributed by atoms with van der Waals surface area (Å²) in [5.41, 5.74) is 0.920. The number of anilines is 2. The zero-order valence-electron chi connectivity index (χ0n) is 17.9. The van der Waals surface area contributed by atoms with Crippen LogP contribution in [0.1, 0.15) is 31.2 Å². The number of fused-ring (bicyclic) bond motifs is 3. The quantitative estimate of drug-likeness (QED) is 0.306. The maximum Gasteiger partial charge on any atom is 0.257 e. The molecule has 5 nitrogen and oxygen atoms in total. The van der Waals surface area contributed by atoms with Crippen LogP contribution >= 0.6 is 0 Å². The second-order valence-corrected chi connectivity index (χ2v) is 8.49. The zero-order valence-corrected chi connectivity index (χ0v) is 17.9. The molecule has 0 unspecified atom stereocenters. The maximum absolute atomic E-state index is 14.5. The minimum Gasteiger partial charge on any atom is -0.320 e. The van der Waals surface area contributed by atoms with Crippen molar-refractivity contribution in [2.75, 3.05) is 11.4 Å². The van der Waals surface area contributed by atoms with Crippen LogP contribution in [0.15, 0.2) is 36.4 Å². The molecule has 0 spiro atoms. The summed E-state index contributed by atoms with van der Waals surface area (Å²) in [7, 11) is 0. The number of alkyl halides is 2. The van der Waals surface area contributed by atoms with E-state index in [2.05, 4.69) is 27.0 Å². The Morgan fingerprint density at radius 1 is 1.09 bits per heavy atom. The highest BCUT2D eigenvalue weighted by Gasteiger charge is 2.35. The van der Waals surface area contributed by atoms with Gasteiger partial charge >= 0.3 is 0 Å². The van der Waals surface area contributed by atoms with Crippen LogP contribution in [-0.4, -0.2) is 32.6 Å². The van der Waals surface area contributed by atoms with Gasteiger partial charge in [0, 0.05) is 22.1 Å². The summed E-state index contributed by atoms with van der Waals surface area (Å²) < 4.78 is 57.7.